The largest absolute Gasteiger partial charge is 0.481 e. The maximum absolute atomic E-state index is 12.8. The van der Waals surface area contributed by atoms with Gasteiger partial charge in [0.1, 0.15) is 6.61 Å². The van der Waals surface area contributed by atoms with Crippen LogP contribution in [0.5, 0.6) is 0 Å². The van der Waals surface area contributed by atoms with Crippen LogP contribution in [0.25, 0.3) is 11.1 Å². The third kappa shape index (κ3) is 4.39. The number of hydrogen-bond acceptors (Lipinski definition) is 4. The molecule has 1 saturated carbocycles. The van der Waals surface area contributed by atoms with Crippen molar-refractivity contribution in [2.24, 2.45) is 11.3 Å². The van der Waals surface area contributed by atoms with Crippen LogP contribution in [0.15, 0.2) is 48.5 Å². The number of nitrogens with one attached hydrogen (secondary N) is 2. The van der Waals surface area contributed by atoms with Gasteiger partial charge in [0.05, 0.1) is 11.3 Å². The van der Waals surface area contributed by atoms with Gasteiger partial charge in [-0.15, -0.1) is 0 Å². The minimum absolute atomic E-state index is 0.0368. The monoisotopic (exact) mass is 464 g/mol. The van der Waals surface area contributed by atoms with Crippen LogP contribution in [0.3, 0.4) is 0 Å². The molecule has 0 aliphatic heterocycles. The fraction of sp³-hybridized carbons (Fsp3) is 0.444. The highest BCUT2D eigenvalue weighted by Crippen LogP contribution is 2.44. The van der Waals surface area contributed by atoms with Crippen LogP contribution in [-0.4, -0.2) is 41.8 Å². The maximum atomic E-state index is 12.8. The second kappa shape index (κ2) is 9.49. The third-order valence-electron chi connectivity index (χ3n) is 7.62. The van der Waals surface area contributed by atoms with Gasteiger partial charge in [-0.3, -0.25) is 9.59 Å². The highest BCUT2D eigenvalue weighted by Gasteiger charge is 2.46. The van der Waals surface area contributed by atoms with E-state index in [-0.39, 0.29) is 18.4 Å². The molecular weight excluding hydrogens is 432 g/mol. The molecule has 0 saturated heterocycles. The SMILES string of the molecule is CC(NC(=O)OCC1c2ccccc2-c2ccccc21)C(C)C(=O)NC1CCCC1(C)C(=O)O. The number of rotatable bonds is 7. The van der Waals surface area contributed by atoms with Crippen LogP contribution in [0, 0.1) is 11.3 Å². The Labute approximate surface area is 199 Å². The van der Waals surface area contributed by atoms with Crippen LogP contribution >= 0.6 is 0 Å². The lowest BCUT2D eigenvalue weighted by Gasteiger charge is -2.30. The Morgan fingerprint density at radius 2 is 1.65 bits per heavy atom. The Kier molecular flexibility index (Phi) is 6.64. The molecule has 0 radical (unpaired) electrons. The molecule has 0 aromatic heterocycles. The molecule has 4 rings (SSSR count). The molecule has 4 atom stereocenters. The molecule has 0 spiro atoms. The van der Waals surface area contributed by atoms with E-state index in [0.717, 1.165) is 28.7 Å². The van der Waals surface area contributed by atoms with Crippen LogP contribution in [0.4, 0.5) is 4.79 Å². The van der Waals surface area contributed by atoms with E-state index < -0.39 is 35.5 Å². The predicted molar refractivity (Wildman–Crippen MR) is 128 cm³/mol. The smallest absolute Gasteiger partial charge is 0.407 e. The molecular formula is C27H32N2O5. The highest BCUT2D eigenvalue weighted by molar-refractivity contribution is 5.83. The van der Waals surface area contributed by atoms with E-state index in [0.29, 0.717) is 12.8 Å². The Morgan fingerprint density at radius 1 is 1.06 bits per heavy atom. The molecule has 2 aromatic carbocycles. The van der Waals surface area contributed by atoms with Crippen molar-refractivity contribution in [2.45, 2.75) is 58.0 Å². The Hall–Kier alpha value is -3.35. The summed E-state index contributed by atoms with van der Waals surface area (Å²) in [5.74, 6) is -1.75. The molecule has 0 bridgehead atoms. The number of fused-ring (bicyclic) bond motifs is 3. The molecule has 7 nitrogen and oxygen atoms in total. The molecule has 4 unspecified atom stereocenters. The molecule has 2 aliphatic rings. The van der Waals surface area contributed by atoms with Gasteiger partial charge < -0.3 is 20.5 Å². The van der Waals surface area contributed by atoms with Crippen molar-refractivity contribution in [3.8, 4) is 11.1 Å². The van der Waals surface area contributed by atoms with Crippen LogP contribution in [0.2, 0.25) is 0 Å². The summed E-state index contributed by atoms with van der Waals surface area (Å²) >= 11 is 0. The summed E-state index contributed by atoms with van der Waals surface area (Å²) in [5, 5.41) is 15.2. The summed E-state index contributed by atoms with van der Waals surface area (Å²) in [6.07, 6.45) is 1.35. The number of benzene rings is 2. The van der Waals surface area contributed by atoms with Gasteiger partial charge in [0.15, 0.2) is 0 Å². The average molecular weight is 465 g/mol. The number of aliphatic carboxylic acids is 1. The molecule has 7 heteroatoms. The number of carboxylic acid groups (broad SMARTS) is 1. The summed E-state index contributed by atoms with van der Waals surface area (Å²) in [7, 11) is 0. The summed E-state index contributed by atoms with van der Waals surface area (Å²) in [4.78, 5) is 37.0. The van der Waals surface area contributed by atoms with E-state index >= 15 is 0 Å². The van der Waals surface area contributed by atoms with Crippen LogP contribution < -0.4 is 10.6 Å². The Balaban J connectivity index is 1.33. The summed E-state index contributed by atoms with van der Waals surface area (Å²) in [6.45, 7) is 5.34. The predicted octanol–water partition coefficient (Wildman–Crippen LogP) is 4.31. The second-order valence-corrected chi connectivity index (χ2v) is 9.72. The number of hydrogen-bond donors (Lipinski definition) is 3. The Bertz CT molecular complexity index is 1050. The van der Waals surface area contributed by atoms with Gasteiger partial charge in [-0.2, -0.15) is 0 Å². The number of amides is 2. The second-order valence-electron chi connectivity index (χ2n) is 9.72. The molecule has 2 aliphatic carbocycles. The number of carbonyl (C=O) groups is 3. The topological polar surface area (TPSA) is 105 Å². The zero-order valence-electron chi connectivity index (χ0n) is 19.8. The van der Waals surface area contributed by atoms with E-state index in [9.17, 15) is 19.5 Å². The quantitative estimate of drug-likeness (QED) is 0.566. The van der Waals surface area contributed by atoms with Crippen molar-refractivity contribution in [2.75, 3.05) is 6.61 Å². The number of carboxylic acids is 1. The highest BCUT2D eigenvalue weighted by atomic mass is 16.5. The first-order valence-corrected chi connectivity index (χ1v) is 11.9. The molecule has 2 aromatic rings. The van der Waals surface area contributed by atoms with Gasteiger partial charge >= 0.3 is 12.1 Å². The standard InChI is InChI=1S/C27H32N2O5/c1-16(24(30)29-23-13-8-14-27(23,3)25(31)32)17(2)28-26(33)34-15-22-20-11-6-4-9-18(20)19-10-5-7-12-21(19)22/h4-7,9-12,16-17,22-23H,8,13-15H2,1-3H3,(H,28,33)(H,29,30)(H,31,32). The maximum Gasteiger partial charge on any atom is 0.407 e. The molecule has 0 heterocycles. The number of alkyl carbamates (subject to hydrolysis) is 1. The van der Waals surface area contributed by atoms with E-state index in [1.54, 1.807) is 20.8 Å². The van der Waals surface area contributed by atoms with E-state index in [1.165, 1.54) is 0 Å². The van der Waals surface area contributed by atoms with E-state index in [2.05, 4.69) is 34.9 Å². The van der Waals surface area contributed by atoms with Crippen LogP contribution in [0.1, 0.15) is 57.1 Å². The van der Waals surface area contributed by atoms with E-state index in [1.807, 2.05) is 24.3 Å². The fourth-order valence-electron chi connectivity index (χ4n) is 5.13. The van der Waals surface area contributed by atoms with Crippen molar-refractivity contribution in [3.05, 3.63) is 59.7 Å². The summed E-state index contributed by atoms with van der Waals surface area (Å²) < 4.78 is 5.58. The normalized spacial score (nSPS) is 22.9. The number of ether oxygens (including phenoxy) is 1. The molecule has 180 valence electrons. The molecule has 34 heavy (non-hydrogen) atoms. The lowest BCUT2D eigenvalue weighted by atomic mass is 9.84. The molecule has 2 amide bonds. The van der Waals surface area contributed by atoms with Crippen molar-refractivity contribution < 1.29 is 24.2 Å². The molecule has 3 N–H and O–H groups in total. The first-order valence-electron chi connectivity index (χ1n) is 11.9. The lowest BCUT2D eigenvalue weighted by molar-refractivity contribution is -0.149. The Morgan fingerprint density at radius 3 is 2.24 bits per heavy atom. The third-order valence-corrected chi connectivity index (χ3v) is 7.62. The van der Waals surface area contributed by atoms with Gasteiger partial charge in [0.25, 0.3) is 0 Å². The summed E-state index contributed by atoms with van der Waals surface area (Å²) in [5.41, 5.74) is 3.63. The fourth-order valence-corrected chi connectivity index (χ4v) is 5.13. The average Bonchev–Trinajstić information content (AvgIpc) is 3.35. The number of carbonyl (C=O) groups excluding carboxylic acids is 2. The van der Waals surface area contributed by atoms with Crippen molar-refractivity contribution in [1.29, 1.82) is 0 Å². The van der Waals surface area contributed by atoms with Crippen molar-refractivity contribution in [1.82, 2.24) is 10.6 Å². The van der Waals surface area contributed by atoms with Crippen molar-refractivity contribution >= 4 is 18.0 Å². The van der Waals surface area contributed by atoms with Gasteiger partial charge in [-0.25, -0.2) is 4.79 Å². The van der Waals surface area contributed by atoms with E-state index in [4.69, 9.17) is 4.74 Å². The lowest BCUT2D eigenvalue weighted by Crippen LogP contribution is -2.51. The van der Waals surface area contributed by atoms with Crippen LogP contribution in [-0.2, 0) is 14.3 Å². The van der Waals surface area contributed by atoms with Crippen molar-refractivity contribution in [3.63, 3.8) is 0 Å². The summed E-state index contributed by atoms with van der Waals surface area (Å²) in [6, 6.07) is 15.4. The van der Waals surface area contributed by atoms with Gasteiger partial charge in [-0.1, -0.05) is 61.9 Å². The molecule has 1 fully saturated rings. The zero-order chi connectivity index (χ0) is 24.5. The van der Waals surface area contributed by atoms with Gasteiger partial charge in [0, 0.05) is 18.0 Å². The minimum Gasteiger partial charge on any atom is -0.481 e. The zero-order valence-corrected chi connectivity index (χ0v) is 19.8. The first-order chi connectivity index (χ1) is 16.2. The van der Waals surface area contributed by atoms with Gasteiger partial charge in [-0.05, 0) is 48.9 Å². The van der Waals surface area contributed by atoms with Gasteiger partial charge in [0.2, 0.25) is 5.91 Å². The first kappa shape index (κ1) is 23.8. The minimum atomic E-state index is -0.959.